The minimum absolute atomic E-state index is 0.448. The van der Waals surface area contributed by atoms with Crippen molar-refractivity contribution in [2.24, 2.45) is 0 Å². The Morgan fingerprint density at radius 1 is 1.18 bits per heavy atom. The number of rotatable bonds is 6. The van der Waals surface area contributed by atoms with Crippen molar-refractivity contribution in [2.75, 3.05) is 11.0 Å². The topological polar surface area (TPSA) is 29.1 Å². The third kappa shape index (κ3) is 4.57. The normalized spacial score (nSPS) is 10.3. The molecular formula is C12H14F2INO. The Bertz CT molecular complexity index is 365. The molecule has 1 amide bonds. The highest BCUT2D eigenvalue weighted by Crippen LogP contribution is 2.11. The highest BCUT2D eigenvalue weighted by atomic mass is 127. The van der Waals surface area contributed by atoms with Crippen molar-refractivity contribution in [3.05, 3.63) is 35.4 Å². The third-order valence-electron chi connectivity index (χ3n) is 2.29. The Morgan fingerprint density at radius 3 is 2.41 bits per heavy atom. The van der Waals surface area contributed by atoms with Gasteiger partial charge in [-0.3, -0.25) is 4.79 Å². The fourth-order valence-corrected chi connectivity index (χ4v) is 1.94. The predicted molar refractivity (Wildman–Crippen MR) is 71.4 cm³/mol. The van der Waals surface area contributed by atoms with Crippen molar-refractivity contribution in [3.8, 4) is 0 Å². The van der Waals surface area contributed by atoms with Crippen LogP contribution in [-0.4, -0.2) is 16.9 Å². The van der Waals surface area contributed by atoms with E-state index >= 15 is 0 Å². The number of hydrogen-bond acceptors (Lipinski definition) is 1. The van der Waals surface area contributed by atoms with E-state index in [2.05, 4.69) is 27.9 Å². The molecule has 0 unspecified atom stereocenters. The van der Waals surface area contributed by atoms with E-state index in [-0.39, 0.29) is 0 Å². The molecule has 2 nitrogen and oxygen atoms in total. The summed E-state index contributed by atoms with van der Waals surface area (Å²) in [5.41, 5.74) is -0.499. The number of hydrogen-bond donors (Lipinski definition) is 1. The fourth-order valence-electron chi connectivity index (χ4n) is 1.40. The van der Waals surface area contributed by atoms with Crippen LogP contribution in [0.1, 0.15) is 29.6 Å². The average Bonchev–Trinajstić information content (AvgIpc) is 2.28. The zero-order valence-electron chi connectivity index (χ0n) is 9.31. The summed E-state index contributed by atoms with van der Waals surface area (Å²) in [7, 11) is 0. The molecule has 1 aromatic rings. The summed E-state index contributed by atoms with van der Waals surface area (Å²) in [5, 5.41) is 2.52. The molecule has 0 aliphatic rings. The standard InChI is InChI=1S/C12H14F2INO/c13-9-5-4-6-10(14)11(9)12(17)16-8-3-1-2-7-15/h4-6H,1-3,7-8H2,(H,16,17). The van der Waals surface area contributed by atoms with Crippen LogP contribution in [0.15, 0.2) is 18.2 Å². The van der Waals surface area contributed by atoms with Gasteiger partial charge in [0.15, 0.2) is 0 Å². The summed E-state index contributed by atoms with van der Waals surface area (Å²) in [5.74, 6) is -2.33. The van der Waals surface area contributed by atoms with Crippen LogP contribution >= 0.6 is 22.6 Å². The first-order valence-corrected chi connectivity index (χ1v) is 6.97. The molecule has 17 heavy (non-hydrogen) atoms. The monoisotopic (exact) mass is 353 g/mol. The predicted octanol–water partition coefficient (Wildman–Crippen LogP) is 3.30. The summed E-state index contributed by atoms with van der Waals surface area (Å²) in [6, 6.07) is 3.39. The van der Waals surface area contributed by atoms with Crippen molar-refractivity contribution < 1.29 is 13.6 Å². The van der Waals surface area contributed by atoms with Crippen LogP contribution in [0.25, 0.3) is 0 Å². The van der Waals surface area contributed by atoms with Gasteiger partial charge in [-0.1, -0.05) is 35.1 Å². The molecular weight excluding hydrogens is 339 g/mol. The first-order valence-electron chi connectivity index (χ1n) is 5.45. The molecule has 0 atom stereocenters. The van der Waals surface area contributed by atoms with Gasteiger partial charge in [0.05, 0.1) is 0 Å². The van der Waals surface area contributed by atoms with Gasteiger partial charge in [-0.05, 0) is 29.4 Å². The van der Waals surface area contributed by atoms with E-state index in [0.717, 1.165) is 35.8 Å². The highest BCUT2D eigenvalue weighted by Gasteiger charge is 2.15. The van der Waals surface area contributed by atoms with Gasteiger partial charge in [0, 0.05) is 6.54 Å². The second-order valence-corrected chi connectivity index (χ2v) is 4.68. The summed E-state index contributed by atoms with van der Waals surface area (Å²) < 4.78 is 27.5. The van der Waals surface area contributed by atoms with Crippen LogP contribution < -0.4 is 5.32 Å². The van der Waals surface area contributed by atoms with Gasteiger partial charge in [-0.25, -0.2) is 8.78 Å². The van der Waals surface area contributed by atoms with Gasteiger partial charge in [-0.2, -0.15) is 0 Å². The molecule has 0 bridgehead atoms. The van der Waals surface area contributed by atoms with Gasteiger partial charge < -0.3 is 5.32 Å². The van der Waals surface area contributed by atoms with E-state index in [1.165, 1.54) is 6.07 Å². The lowest BCUT2D eigenvalue weighted by Gasteiger charge is -2.06. The first kappa shape index (κ1) is 14.3. The highest BCUT2D eigenvalue weighted by molar-refractivity contribution is 14.1. The summed E-state index contributed by atoms with van der Waals surface area (Å²) in [6.45, 7) is 0.448. The number of amides is 1. The second kappa shape index (κ2) is 7.58. The van der Waals surface area contributed by atoms with E-state index in [9.17, 15) is 13.6 Å². The zero-order chi connectivity index (χ0) is 12.7. The molecule has 1 aromatic carbocycles. The number of carbonyl (C=O) groups excluding carboxylic acids is 1. The molecule has 0 saturated carbocycles. The largest absolute Gasteiger partial charge is 0.352 e. The van der Waals surface area contributed by atoms with Crippen molar-refractivity contribution in [2.45, 2.75) is 19.3 Å². The van der Waals surface area contributed by atoms with Gasteiger partial charge in [-0.15, -0.1) is 0 Å². The van der Waals surface area contributed by atoms with Crippen molar-refractivity contribution in [1.29, 1.82) is 0 Å². The van der Waals surface area contributed by atoms with Gasteiger partial charge in [0.2, 0.25) is 0 Å². The van der Waals surface area contributed by atoms with Crippen LogP contribution in [0, 0.1) is 11.6 Å². The van der Waals surface area contributed by atoms with Crippen molar-refractivity contribution in [1.82, 2.24) is 5.32 Å². The number of alkyl halides is 1. The second-order valence-electron chi connectivity index (χ2n) is 3.60. The Labute approximate surface area is 113 Å². The molecule has 0 heterocycles. The smallest absolute Gasteiger partial charge is 0.257 e. The van der Waals surface area contributed by atoms with Gasteiger partial charge in [0.1, 0.15) is 17.2 Å². The maximum atomic E-state index is 13.2. The lowest BCUT2D eigenvalue weighted by Crippen LogP contribution is -2.26. The summed E-state index contributed by atoms with van der Waals surface area (Å²) in [4.78, 5) is 11.5. The molecule has 1 N–H and O–H groups in total. The maximum Gasteiger partial charge on any atom is 0.257 e. The minimum Gasteiger partial charge on any atom is -0.352 e. The van der Waals surface area contributed by atoms with Crippen LogP contribution in [0.3, 0.4) is 0 Å². The van der Waals surface area contributed by atoms with Crippen LogP contribution in [0.4, 0.5) is 8.78 Å². The zero-order valence-corrected chi connectivity index (χ0v) is 11.5. The Hall–Kier alpha value is -0.720. The first-order chi connectivity index (χ1) is 8.16. The molecule has 0 fully saturated rings. The van der Waals surface area contributed by atoms with Gasteiger partial charge in [0.25, 0.3) is 5.91 Å². The number of carbonyl (C=O) groups is 1. The van der Waals surface area contributed by atoms with E-state index in [1.54, 1.807) is 0 Å². The van der Waals surface area contributed by atoms with Crippen molar-refractivity contribution in [3.63, 3.8) is 0 Å². The minimum atomic E-state index is -0.824. The molecule has 0 radical (unpaired) electrons. The number of unbranched alkanes of at least 4 members (excludes halogenated alkanes) is 2. The van der Waals surface area contributed by atoms with E-state index in [0.29, 0.717) is 6.54 Å². The summed E-state index contributed by atoms with van der Waals surface area (Å²) >= 11 is 2.28. The molecule has 0 aliphatic carbocycles. The van der Waals surface area contributed by atoms with Gasteiger partial charge >= 0.3 is 0 Å². The lowest BCUT2D eigenvalue weighted by atomic mass is 10.2. The molecule has 0 aliphatic heterocycles. The Morgan fingerprint density at radius 2 is 1.82 bits per heavy atom. The van der Waals surface area contributed by atoms with Crippen LogP contribution in [-0.2, 0) is 0 Å². The molecule has 0 saturated heterocycles. The third-order valence-corrected chi connectivity index (χ3v) is 3.05. The SMILES string of the molecule is O=C(NCCCCCI)c1c(F)cccc1F. The quantitative estimate of drug-likeness (QED) is 0.475. The molecule has 1 rings (SSSR count). The molecule has 94 valence electrons. The van der Waals surface area contributed by atoms with E-state index < -0.39 is 23.1 Å². The molecule has 5 heteroatoms. The fraction of sp³-hybridized carbons (Fsp3) is 0.417. The Kier molecular flexibility index (Phi) is 6.39. The van der Waals surface area contributed by atoms with E-state index in [1.807, 2.05) is 0 Å². The number of benzene rings is 1. The molecule has 0 spiro atoms. The Balaban J connectivity index is 2.47. The molecule has 0 aromatic heterocycles. The maximum absolute atomic E-state index is 13.2. The van der Waals surface area contributed by atoms with Crippen LogP contribution in [0.5, 0.6) is 0 Å². The number of nitrogens with one attached hydrogen (secondary N) is 1. The van der Waals surface area contributed by atoms with Crippen molar-refractivity contribution >= 4 is 28.5 Å². The average molecular weight is 353 g/mol. The van der Waals surface area contributed by atoms with Crippen LogP contribution in [0.2, 0.25) is 0 Å². The number of halogens is 3. The lowest BCUT2D eigenvalue weighted by molar-refractivity contribution is 0.0944. The summed E-state index contributed by atoms with van der Waals surface area (Å²) in [6.07, 6.45) is 2.91. The van der Waals surface area contributed by atoms with E-state index in [4.69, 9.17) is 0 Å².